The van der Waals surface area contributed by atoms with Crippen LogP contribution in [-0.4, -0.2) is 36.5 Å². The molecule has 2 heterocycles. The van der Waals surface area contributed by atoms with Crippen molar-refractivity contribution in [2.75, 3.05) is 13.7 Å². The number of sulfonamides is 1. The van der Waals surface area contributed by atoms with Crippen LogP contribution in [-0.2, 0) is 10.0 Å². The summed E-state index contributed by atoms with van der Waals surface area (Å²) in [4.78, 5) is 4.44. The second-order valence-corrected chi connectivity index (χ2v) is 8.30. The van der Waals surface area contributed by atoms with Gasteiger partial charge in [0.15, 0.2) is 0 Å². The van der Waals surface area contributed by atoms with Gasteiger partial charge in [-0.15, -0.1) is 0 Å². The van der Waals surface area contributed by atoms with Gasteiger partial charge in [-0.05, 0) is 61.4 Å². The number of aromatic nitrogens is 2. The Bertz CT molecular complexity index is 1070. The predicted molar refractivity (Wildman–Crippen MR) is 98.6 cm³/mol. The van der Waals surface area contributed by atoms with Crippen LogP contribution in [0.15, 0.2) is 57.9 Å². The van der Waals surface area contributed by atoms with Crippen molar-refractivity contribution in [3.8, 4) is 17.1 Å². The second-order valence-electron chi connectivity index (χ2n) is 6.41. The van der Waals surface area contributed by atoms with Crippen LogP contribution in [0.3, 0.4) is 0 Å². The molecule has 0 spiro atoms. The van der Waals surface area contributed by atoms with Crippen molar-refractivity contribution in [3.05, 3.63) is 60.2 Å². The van der Waals surface area contributed by atoms with Crippen molar-refractivity contribution in [1.82, 2.24) is 14.4 Å². The maximum absolute atomic E-state index is 13.2. The Hall–Kier alpha value is -2.78. The number of halogens is 1. The molecule has 1 atom stereocenters. The number of rotatable bonds is 5. The van der Waals surface area contributed by atoms with E-state index in [1.54, 1.807) is 31.4 Å². The zero-order chi connectivity index (χ0) is 19.7. The van der Waals surface area contributed by atoms with Gasteiger partial charge in [-0.3, -0.25) is 0 Å². The van der Waals surface area contributed by atoms with Crippen LogP contribution in [0.1, 0.15) is 24.8 Å². The highest BCUT2D eigenvalue weighted by atomic mass is 32.2. The first-order valence-corrected chi connectivity index (χ1v) is 10.2. The Morgan fingerprint density at radius 1 is 1.14 bits per heavy atom. The van der Waals surface area contributed by atoms with Crippen LogP contribution in [0.5, 0.6) is 5.75 Å². The normalized spacial score (nSPS) is 17.7. The zero-order valence-electron chi connectivity index (χ0n) is 15.1. The molecule has 0 aliphatic carbocycles. The van der Waals surface area contributed by atoms with Gasteiger partial charge in [0, 0.05) is 12.1 Å². The minimum atomic E-state index is -3.79. The molecule has 0 radical (unpaired) electrons. The average molecular weight is 403 g/mol. The summed E-state index contributed by atoms with van der Waals surface area (Å²) in [6.45, 7) is 0.338. The first-order chi connectivity index (χ1) is 13.5. The monoisotopic (exact) mass is 403 g/mol. The molecule has 3 aromatic rings. The molecule has 28 heavy (non-hydrogen) atoms. The average Bonchev–Trinajstić information content (AvgIpc) is 3.38. The maximum atomic E-state index is 13.2. The summed E-state index contributed by atoms with van der Waals surface area (Å²) in [6, 6.07) is 11.4. The maximum Gasteiger partial charge on any atom is 0.245 e. The van der Waals surface area contributed by atoms with Gasteiger partial charge in [0.1, 0.15) is 17.6 Å². The van der Waals surface area contributed by atoms with Crippen LogP contribution < -0.4 is 4.74 Å². The van der Waals surface area contributed by atoms with Gasteiger partial charge in [-0.1, -0.05) is 5.16 Å². The molecule has 4 rings (SSSR count). The van der Waals surface area contributed by atoms with Crippen molar-refractivity contribution in [2.45, 2.75) is 23.8 Å². The number of hydrogen-bond acceptors (Lipinski definition) is 6. The molecule has 7 nitrogen and oxygen atoms in total. The lowest BCUT2D eigenvalue weighted by Crippen LogP contribution is -2.30. The smallest absolute Gasteiger partial charge is 0.245 e. The molecule has 1 aromatic heterocycles. The minimum Gasteiger partial charge on any atom is -0.497 e. The van der Waals surface area contributed by atoms with Gasteiger partial charge < -0.3 is 9.26 Å². The SMILES string of the molecule is COc1ccc(-c2noc(C3CCCN3S(=O)(=O)c3ccc(F)cc3)n2)cc1. The fraction of sp³-hybridized carbons (Fsp3) is 0.263. The van der Waals surface area contributed by atoms with Crippen molar-refractivity contribution >= 4 is 10.0 Å². The Labute approximate surface area is 161 Å². The molecule has 1 aliphatic rings. The summed E-state index contributed by atoms with van der Waals surface area (Å²) in [5.74, 6) is 0.843. The Kier molecular flexibility index (Phi) is 4.86. The molecule has 1 aliphatic heterocycles. The fourth-order valence-electron chi connectivity index (χ4n) is 3.24. The van der Waals surface area contributed by atoms with E-state index in [-0.39, 0.29) is 10.8 Å². The summed E-state index contributed by atoms with van der Waals surface area (Å²) in [7, 11) is -2.21. The molecule has 0 bridgehead atoms. The topological polar surface area (TPSA) is 85.5 Å². The van der Waals surface area contributed by atoms with E-state index in [0.29, 0.717) is 31.0 Å². The minimum absolute atomic E-state index is 0.0377. The summed E-state index contributed by atoms with van der Waals surface area (Å²) in [5, 5.41) is 3.99. The third kappa shape index (κ3) is 3.38. The van der Waals surface area contributed by atoms with Crippen LogP contribution in [0.25, 0.3) is 11.4 Å². The predicted octanol–water partition coefficient (Wildman–Crippen LogP) is 3.41. The molecule has 2 aromatic carbocycles. The summed E-state index contributed by atoms with van der Waals surface area (Å²) < 4.78 is 51.0. The van der Waals surface area contributed by atoms with Crippen LogP contribution in [0.2, 0.25) is 0 Å². The standard InChI is InChI=1S/C19H18FN3O4S/c1-26-15-8-4-13(5-9-15)18-21-19(27-22-18)17-3-2-12-23(17)28(24,25)16-10-6-14(20)7-11-16/h4-11,17H,2-3,12H2,1H3. The lowest BCUT2D eigenvalue weighted by molar-refractivity contribution is 0.290. The van der Waals surface area contributed by atoms with Gasteiger partial charge in [0.25, 0.3) is 0 Å². The second kappa shape index (κ2) is 7.33. The quantitative estimate of drug-likeness (QED) is 0.649. The van der Waals surface area contributed by atoms with E-state index in [2.05, 4.69) is 10.1 Å². The number of ether oxygens (including phenoxy) is 1. The molecular weight excluding hydrogens is 385 g/mol. The summed E-state index contributed by atoms with van der Waals surface area (Å²) >= 11 is 0. The molecule has 1 saturated heterocycles. The Morgan fingerprint density at radius 3 is 2.54 bits per heavy atom. The van der Waals surface area contributed by atoms with Gasteiger partial charge in [0.2, 0.25) is 21.7 Å². The van der Waals surface area contributed by atoms with E-state index in [9.17, 15) is 12.8 Å². The fourth-order valence-corrected chi connectivity index (χ4v) is 4.90. The number of benzene rings is 2. The molecule has 0 N–H and O–H groups in total. The third-order valence-electron chi connectivity index (χ3n) is 4.70. The highest BCUT2D eigenvalue weighted by molar-refractivity contribution is 7.89. The molecule has 0 saturated carbocycles. The number of nitrogens with zero attached hydrogens (tertiary/aromatic N) is 3. The van der Waals surface area contributed by atoms with E-state index in [4.69, 9.17) is 9.26 Å². The Morgan fingerprint density at radius 2 is 1.86 bits per heavy atom. The molecule has 9 heteroatoms. The van der Waals surface area contributed by atoms with Crippen molar-refractivity contribution in [1.29, 1.82) is 0 Å². The first kappa shape index (κ1) is 18.6. The van der Waals surface area contributed by atoms with Crippen molar-refractivity contribution in [3.63, 3.8) is 0 Å². The van der Waals surface area contributed by atoms with E-state index < -0.39 is 21.9 Å². The van der Waals surface area contributed by atoms with Crippen molar-refractivity contribution in [2.24, 2.45) is 0 Å². The highest BCUT2D eigenvalue weighted by Crippen LogP contribution is 2.36. The van der Waals surface area contributed by atoms with E-state index in [1.165, 1.54) is 16.4 Å². The van der Waals surface area contributed by atoms with Gasteiger partial charge >= 0.3 is 0 Å². The molecular formula is C19H18FN3O4S. The van der Waals surface area contributed by atoms with Crippen molar-refractivity contribution < 1.29 is 22.1 Å². The van der Waals surface area contributed by atoms with E-state index in [1.807, 2.05) is 0 Å². The molecule has 1 fully saturated rings. The molecule has 146 valence electrons. The lowest BCUT2D eigenvalue weighted by Gasteiger charge is -2.21. The highest BCUT2D eigenvalue weighted by Gasteiger charge is 2.39. The van der Waals surface area contributed by atoms with Gasteiger partial charge in [0.05, 0.1) is 12.0 Å². The molecule has 0 amide bonds. The Balaban J connectivity index is 1.61. The van der Waals surface area contributed by atoms with E-state index in [0.717, 1.165) is 17.7 Å². The van der Waals surface area contributed by atoms with Gasteiger partial charge in [-0.2, -0.15) is 9.29 Å². The van der Waals surface area contributed by atoms with Crippen LogP contribution in [0, 0.1) is 5.82 Å². The zero-order valence-corrected chi connectivity index (χ0v) is 15.9. The third-order valence-corrected chi connectivity index (χ3v) is 6.62. The first-order valence-electron chi connectivity index (χ1n) is 8.74. The van der Waals surface area contributed by atoms with Gasteiger partial charge in [-0.25, -0.2) is 12.8 Å². The van der Waals surface area contributed by atoms with Crippen LogP contribution in [0.4, 0.5) is 4.39 Å². The lowest BCUT2D eigenvalue weighted by atomic mass is 10.2. The van der Waals surface area contributed by atoms with E-state index >= 15 is 0 Å². The summed E-state index contributed by atoms with van der Waals surface area (Å²) in [6.07, 6.45) is 1.25. The number of methoxy groups -OCH3 is 1. The van der Waals surface area contributed by atoms with Crippen LogP contribution >= 0.6 is 0 Å². The molecule has 1 unspecified atom stereocenters. The largest absolute Gasteiger partial charge is 0.497 e. The summed E-state index contributed by atoms with van der Waals surface area (Å²) in [5.41, 5.74) is 0.738. The number of hydrogen-bond donors (Lipinski definition) is 0.